The molecule has 1 aliphatic rings. The van der Waals surface area contributed by atoms with Gasteiger partial charge in [-0.05, 0) is 36.5 Å². The van der Waals surface area contributed by atoms with Crippen LogP contribution < -0.4 is 5.32 Å². The maximum Gasteiger partial charge on any atom is 0.157 e. The highest BCUT2D eigenvalue weighted by Gasteiger charge is 2.22. The summed E-state index contributed by atoms with van der Waals surface area (Å²) in [6.45, 7) is 1.43. The minimum Gasteiger partial charge on any atom is -0.504 e. The van der Waals surface area contributed by atoms with Gasteiger partial charge in [-0.1, -0.05) is 18.9 Å². The maximum absolute atomic E-state index is 9.83. The Balaban J connectivity index is 1.79. The second kappa shape index (κ2) is 6.07. The van der Waals surface area contributed by atoms with Crippen molar-refractivity contribution in [2.75, 3.05) is 6.54 Å². The van der Waals surface area contributed by atoms with Gasteiger partial charge in [0.1, 0.15) is 0 Å². The van der Waals surface area contributed by atoms with E-state index in [1.165, 1.54) is 12.5 Å². The van der Waals surface area contributed by atoms with Gasteiger partial charge in [0.05, 0.1) is 6.10 Å². The summed E-state index contributed by atoms with van der Waals surface area (Å²) in [5.74, 6) is 0.151. The second-order valence-corrected chi connectivity index (χ2v) is 5.07. The van der Waals surface area contributed by atoms with Crippen molar-refractivity contribution in [3.05, 3.63) is 23.8 Å². The van der Waals surface area contributed by atoms with Crippen LogP contribution in [0.1, 0.15) is 31.2 Å². The van der Waals surface area contributed by atoms with Crippen LogP contribution in [0.3, 0.4) is 0 Å². The zero-order chi connectivity index (χ0) is 13.0. The highest BCUT2D eigenvalue weighted by atomic mass is 16.3. The Morgan fingerprint density at radius 3 is 2.61 bits per heavy atom. The van der Waals surface area contributed by atoms with E-state index in [1.54, 1.807) is 12.1 Å². The Morgan fingerprint density at radius 2 is 1.89 bits per heavy atom. The summed E-state index contributed by atoms with van der Waals surface area (Å²) in [5, 5.41) is 31.7. The largest absolute Gasteiger partial charge is 0.504 e. The van der Waals surface area contributed by atoms with Crippen LogP contribution in [0.4, 0.5) is 0 Å². The van der Waals surface area contributed by atoms with Gasteiger partial charge in [0, 0.05) is 13.1 Å². The molecule has 0 saturated heterocycles. The van der Waals surface area contributed by atoms with Crippen molar-refractivity contribution in [1.29, 1.82) is 0 Å². The molecule has 0 aromatic heterocycles. The molecule has 1 fully saturated rings. The molecule has 1 aromatic carbocycles. The molecule has 1 aromatic rings. The third kappa shape index (κ3) is 3.37. The molecule has 0 spiro atoms. The minimum absolute atomic E-state index is 0.0907. The first-order valence-corrected chi connectivity index (χ1v) is 6.56. The van der Waals surface area contributed by atoms with Crippen molar-refractivity contribution >= 4 is 0 Å². The fourth-order valence-electron chi connectivity index (χ4n) is 2.51. The molecule has 4 nitrogen and oxygen atoms in total. The summed E-state index contributed by atoms with van der Waals surface area (Å²) in [4.78, 5) is 0. The standard InChI is InChI=1S/C14H21NO3/c16-12-4-2-1-3-11(12)9-15-8-10-5-6-13(17)14(18)7-10/h5-7,11-12,15-18H,1-4,8-9H2. The van der Waals surface area contributed by atoms with Crippen LogP contribution in [0, 0.1) is 5.92 Å². The lowest BCUT2D eigenvalue weighted by Gasteiger charge is -2.27. The van der Waals surface area contributed by atoms with E-state index in [0.29, 0.717) is 12.5 Å². The van der Waals surface area contributed by atoms with E-state index in [0.717, 1.165) is 31.4 Å². The van der Waals surface area contributed by atoms with Crippen molar-refractivity contribution in [2.24, 2.45) is 5.92 Å². The molecule has 2 rings (SSSR count). The normalized spacial score (nSPS) is 24.1. The smallest absolute Gasteiger partial charge is 0.157 e. The molecule has 100 valence electrons. The average Bonchev–Trinajstić information content (AvgIpc) is 2.36. The minimum atomic E-state index is -0.181. The molecule has 0 amide bonds. The molecule has 0 aliphatic heterocycles. The highest BCUT2D eigenvalue weighted by Crippen LogP contribution is 2.25. The number of phenolic OH excluding ortho intramolecular Hbond substituents is 2. The SMILES string of the molecule is Oc1ccc(CNCC2CCCCC2O)cc1O. The zero-order valence-electron chi connectivity index (χ0n) is 10.5. The first-order valence-electron chi connectivity index (χ1n) is 6.56. The molecule has 4 heteroatoms. The number of aromatic hydroxyl groups is 2. The van der Waals surface area contributed by atoms with Gasteiger partial charge < -0.3 is 20.6 Å². The molecular formula is C14H21NO3. The summed E-state index contributed by atoms with van der Waals surface area (Å²) >= 11 is 0. The summed E-state index contributed by atoms with van der Waals surface area (Å²) < 4.78 is 0. The number of rotatable bonds is 4. The molecule has 1 aliphatic carbocycles. The Bertz CT molecular complexity index is 395. The summed E-state index contributed by atoms with van der Waals surface area (Å²) in [6.07, 6.45) is 4.13. The lowest BCUT2D eigenvalue weighted by atomic mass is 9.86. The third-order valence-electron chi connectivity index (χ3n) is 3.64. The van der Waals surface area contributed by atoms with Crippen molar-refractivity contribution in [3.63, 3.8) is 0 Å². The number of hydrogen-bond acceptors (Lipinski definition) is 4. The Kier molecular flexibility index (Phi) is 4.44. The molecule has 0 radical (unpaired) electrons. The van der Waals surface area contributed by atoms with Gasteiger partial charge in [0.15, 0.2) is 11.5 Å². The average molecular weight is 251 g/mol. The number of benzene rings is 1. The zero-order valence-corrected chi connectivity index (χ0v) is 10.5. The van der Waals surface area contributed by atoms with E-state index in [-0.39, 0.29) is 17.6 Å². The number of aliphatic hydroxyl groups excluding tert-OH is 1. The van der Waals surface area contributed by atoms with Crippen LogP contribution in [0.2, 0.25) is 0 Å². The van der Waals surface area contributed by atoms with Gasteiger partial charge in [-0.2, -0.15) is 0 Å². The molecule has 1 saturated carbocycles. The predicted octanol–water partition coefficient (Wildman–Crippen LogP) is 1.74. The van der Waals surface area contributed by atoms with Gasteiger partial charge in [0.2, 0.25) is 0 Å². The van der Waals surface area contributed by atoms with Crippen molar-refractivity contribution in [3.8, 4) is 11.5 Å². The van der Waals surface area contributed by atoms with Crippen LogP contribution in [-0.4, -0.2) is 28.0 Å². The van der Waals surface area contributed by atoms with E-state index in [1.807, 2.05) is 0 Å². The van der Waals surface area contributed by atoms with E-state index < -0.39 is 0 Å². The number of phenols is 2. The topological polar surface area (TPSA) is 72.7 Å². The summed E-state index contributed by atoms with van der Waals surface area (Å²) in [6, 6.07) is 4.82. The molecule has 4 N–H and O–H groups in total. The Labute approximate surface area is 107 Å². The first kappa shape index (κ1) is 13.2. The number of aliphatic hydroxyl groups is 1. The van der Waals surface area contributed by atoms with Crippen LogP contribution >= 0.6 is 0 Å². The van der Waals surface area contributed by atoms with Crippen molar-refractivity contribution in [2.45, 2.75) is 38.3 Å². The van der Waals surface area contributed by atoms with E-state index in [4.69, 9.17) is 0 Å². The molecule has 2 unspecified atom stereocenters. The first-order chi connectivity index (χ1) is 8.66. The number of hydrogen-bond donors (Lipinski definition) is 4. The van der Waals surface area contributed by atoms with E-state index in [2.05, 4.69) is 5.32 Å². The molecule has 0 bridgehead atoms. The fraction of sp³-hybridized carbons (Fsp3) is 0.571. The van der Waals surface area contributed by atoms with Gasteiger partial charge in [-0.15, -0.1) is 0 Å². The van der Waals surface area contributed by atoms with Gasteiger partial charge in [-0.25, -0.2) is 0 Å². The fourth-order valence-corrected chi connectivity index (χ4v) is 2.51. The maximum atomic E-state index is 9.83. The van der Waals surface area contributed by atoms with Crippen LogP contribution in [0.15, 0.2) is 18.2 Å². The molecule has 0 heterocycles. The lowest BCUT2D eigenvalue weighted by Crippen LogP contribution is -2.33. The third-order valence-corrected chi connectivity index (χ3v) is 3.64. The summed E-state index contributed by atoms with van der Waals surface area (Å²) in [7, 11) is 0. The van der Waals surface area contributed by atoms with Gasteiger partial charge in [0.25, 0.3) is 0 Å². The van der Waals surface area contributed by atoms with Gasteiger partial charge >= 0.3 is 0 Å². The van der Waals surface area contributed by atoms with Crippen molar-refractivity contribution in [1.82, 2.24) is 5.32 Å². The Hall–Kier alpha value is -1.26. The second-order valence-electron chi connectivity index (χ2n) is 5.07. The van der Waals surface area contributed by atoms with E-state index >= 15 is 0 Å². The molecule has 2 atom stereocenters. The van der Waals surface area contributed by atoms with E-state index in [9.17, 15) is 15.3 Å². The van der Waals surface area contributed by atoms with Crippen molar-refractivity contribution < 1.29 is 15.3 Å². The Morgan fingerprint density at radius 1 is 1.11 bits per heavy atom. The molecular weight excluding hydrogens is 230 g/mol. The van der Waals surface area contributed by atoms with Gasteiger partial charge in [-0.3, -0.25) is 0 Å². The monoisotopic (exact) mass is 251 g/mol. The summed E-state index contributed by atoms with van der Waals surface area (Å²) in [5.41, 5.74) is 0.926. The highest BCUT2D eigenvalue weighted by molar-refractivity contribution is 5.40. The van der Waals surface area contributed by atoms with Crippen LogP contribution in [0.25, 0.3) is 0 Å². The number of nitrogens with one attached hydrogen (secondary N) is 1. The van der Waals surface area contributed by atoms with Crippen LogP contribution in [-0.2, 0) is 6.54 Å². The lowest BCUT2D eigenvalue weighted by molar-refractivity contribution is 0.0695. The predicted molar refractivity (Wildman–Crippen MR) is 69.4 cm³/mol. The quantitative estimate of drug-likeness (QED) is 0.615. The molecule has 18 heavy (non-hydrogen) atoms. The van der Waals surface area contributed by atoms with Crippen LogP contribution in [0.5, 0.6) is 11.5 Å².